The van der Waals surface area contributed by atoms with E-state index in [2.05, 4.69) is 15.2 Å². The maximum atomic E-state index is 13.1. The third-order valence-electron chi connectivity index (χ3n) is 2.47. The monoisotopic (exact) mass is 278 g/mol. The van der Waals surface area contributed by atoms with E-state index < -0.39 is 11.6 Å². The van der Waals surface area contributed by atoms with Crippen LogP contribution >= 0.6 is 11.8 Å². The highest BCUT2D eigenvalue weighted by Crippen LogP contribution is 2.29. The lowest BCUT2D eigenvalue weighted by Gasteiger charge is -2.02. The van der Waals surface area contributed by atoms with Crippen LogP contribution in [0.3, 0.4) is 0 Å². The maximum Gasteiger partial charge on any atom is 0.171 e. The average Bonchev–Trinajstić information content (AvgIpc) is 2.70. The number of nitrogens with one attached hydrogen (secondary N) is 1. The molecule has 0 saturated carbocycles. The molecule has 0 aliphatic rings. The number of nitrogen functional groups attached to an aromatic ring is 1. The molecule has 0 spiro atoms. The normalized spacial score (nSPS) is 11.1. The maximum absolute atomic E-state index is 13.1. The number of nitrogens with zero attached hydrogens (tertiary/aromatic N) is 2. The van der Waals surface area contributed by atoms with Crippen molar-refractivity contribution in [1.29, 1.82) is 0 Å². The number of aromatic nitrogens is 3. The Morgan fingerprint density at radius 1 is 1.11 bits per heavy atom. The highest BCUT2D eigenvalue weighted by atomic mass is 32.2. The third kappa shape index (κ3) is 2.37. The fourth-order valence-electron chi connectivity index (χ4n) is 1.67. The van der Waals surface area contributed by atoms with Gasteiger partial charge >= 0.3 is 0 Å². The fourth-order valence-corrected chi connectivity index (χ4v) is 2.52. The van der Waals surface area contributed by atoms with E-state index >= 15 is 0 Å². The van der Waals surface area contributed by atoms with Gasteiger partial charge in [0.15, 0.2) is 5.82 Å². The summed E-state index contributed by atoms with van der Waals surface area (Å²) in [7, 11) is 0. The summed E-state index contributed by atoms with van der Waals surface area (Å²) in [5, 5.41) is 7.15. The quantitative estimate of drug-likeness (QED) is 0.756. The van der Waals surface area contributed by atoms with Crippen molar-refractivity contribution in [2.24, 2.45) is 0 Å². The molecule has 0 aliphatic carbocycles. The van der Waals surface area contributed by atoms with E-state index in [9.17, 15) is 8.78 Å². The number of anilines is 1. The second kappa shape index (κ2) is 4.51. The van der Waals surface area contributed by atoms with Crippen LogP contribution in [0.1, 0.15) is 0 Å². The lowest BCUT2D eigenvalue weighted by Crippen LogP contribution is -1.88. The lowest BCUT2D eigenvalue weighted by atomic mass is 10.3. The van der Waals surface area contributed by atoms with Crippen LogP contribution in [0.5, 0.6) is 0 Å². The van der Waals surface area contributed by atoms with Gasteiger partial charge in [-0.3, -0.25) is 5.10 Å². The zero-order chi connectivity index (χ0) is 13.4. The molecular formula is C12H8F2N4S. The molecule has 0 bridgehead atoms. The van der Waals surface area contributed by atoms with Gasteiger partial charge in [0.25, 0.3) is 0 Å². The summed E-state index contributed by atoms with van der Waals surface area (Å²) in [4.78, 5) is 4.73. The first-order valence-electron chi connectivity index (χ1n) is 5.36. The number of hydrogen-bond acceptors (Lipinski definition) is 4. The number of rotatable bonds is 2. The summed E-state index contributed by atoms with van der Waals surface area (Å²) in [6.45, 7) is 0. The van der Waals surface area contributed by atoms with Gasteiger partial charge in [-0.15, -0.1) is 0 Å². The Kier molecular flexibility index (Phi) is 2.83. The van der Waals surface area contributed by atoms with Crippen molar-refractivity contribution >= 4 is 28.6 Å². The van der Waals surface area contributed by atoms with Gasteiger partial charge < -0.3 is 5.73 Å². The van der Waals surface area contributed by atoms with Gasteiger partial charge in [0.2, 0.25) is 0 Å². The molecule has 1 aromatic carbocycles. The van der Waals surface area contributed by atoms with Gasteiger partial charge in [-0.2, -0.15) is 5.10 Å². The van der Waals surface area contributed by atoms with Gasteiger partial charge in [0.05, 0.1) is 5.52 Å². The Morgan fingerprint density at radius 2 is 1.84 bits per heavy atom. The minimum absolute atomic E-state index is 0.294. The number of hydrogen-bond donors (Lipinski definition) is 2. The molecular weight excluding hydrogens is 270 g/mol. The Labute approximate surface area is 111 Å². The number of nitrogens with two attached hydrogens (primary N) is 1. The number of benzene rings is 1. The van der Waals surface area contributed by atoms with Crippen molar-refractivity contribution < 1.29 is 8.78 Å². The van der Waals surface area contributed by atoms with E-state index in [0.717, 1.165) is 17.8 Å². The van der Waals surface area contributed by atoms with Crippen molar-refractivity contribution in [2.45, 2.75) is 9.92 Å². The minimum atomic E-state index is -0.619. The largest absolute Gasteiger partial charge is 0.380 e. The van der Waals surface area contributed by atoms with E-state index in [1.54, 1.807) is 12.1 Å². The zero-order valence-electron chi connectivity index (χ0n) is 9.52. The first-order valence-corrected chi connectivity index (χ1v) is 6.18. The number of fused-ring (bicyclic) bond motifs is 1. The van der Waals surface area contributed by atoms with Crippen molar-refractivity contribution in [3.05, 3.63) is 42.0 Å². The van der Waals surface area contributed by atoms with Gasteiger partial charge in [-0.05, 0) is 24.3 Å². The lowest BCUT2D eigenvalue weighted by molar-refractivity contribution is 0.577. The smallest absolute Gasteiger partial charge is 0.171 e. The molecule has 0 aliphatic heterocycles. The summed E-state index contributed by atoms with van der Waals surface area (Å²) >= 11 is 1.15. The molecule has 2 heterocycles. The Bertz CT molecular complexity index is 736. The average molecular weight is 278 g/mol. The molecule has 0 saturated heterocycles. The Balaban J connectivity index is 1.98. The summed E-state index contributed by atoms with van der Waals surface area (Å²) in [6, 6.07) is 6.82. The molecule has 0 atom stereocenters. The van der Waals surface area contributed by atoms with Crippen molar-refractivity contribution in [1.82, 2.24) is 15.2 Å². The SMILES string of the molecule is Nc1n[nH]c2ccc(Sc3cc(F)cc(F)c3)nc12. The summed E-state index contributed by atoms with van der Waals surface area (Å²) in [5.74, 6) is -0.944. The molecule has 7 heteroatoms. The van der Waals surface area contributed by atoms with Crippen molar-refractivity contribution in [3.8, 4) is 0 Å². The second-order valence-corrected chi connectivity index (χ2v) is 4.96. The zero-order valence-corrected chi connectivity index (χ0v) is 10.3. The Morgan fingerprint density at radius 3 is 2.58 bits per heavy atom. The molecule has 2 aromatic heterocycles. The van der Waals surface area contributed by atoms with Crippen LogP contribution in [0, 0.1) is 11.6 Å². The van der Waals surface area contributed by atoms with Gasteiger partial charge in [0.1, 0.15) is 22.2 Å². The predicted octanol–water partition coefficient (Wildman–Crippen LogP) is 2.97. The number of halogens is 2. The van der Waals surface area contributed by atoms with Gasteiger partial charge in [-0.25, -0.2) is 13.8 Å². The number of H-pyrrole nitrogens is 1. The summed E-state index contributed by atoms with van der Waals surface area (Å²) in [5.41, 5.74) is 6.91. The van der Waals surface area contributed by atoms with E-state index in [0.29, 0.717) is 26.8 Å². The molecule has 0 unspecified atom stereocenters. The second-order valence-electron chi connectivity index (χ2n) is 3.86. The minimum Gasteiger partial charge on any atom is -0.380 e. The fraction of sp³-hybridized carbons (Fsp3) is 0. The van der Waals surface area contributed by atoms with Crippen LogP contribution in [-0.4, -0.2) is 15.2 Å². The van der Waals surface area contributed by atoms with Gasteiger partial charge in [-0.1, -0.05) is 11.8 Å². The predicted molar refractivity (Wildman–Crippen MR) is 68.8 cm³/mol. The Hall–Kier alpha value is -2.15. The highest BCUT2D eigenvalue weighted by Gasteiger charge is 2.07. The summed E-state index contributed by atoms with van der Waals surface area (Å²) in [6.07, 6.45) is 0. The van der Waals surface area contributed by atoms with E-state index in [4.69, 9.17) is 5.73 Å². The molecule has 3 rings (SSSR count). The number of aromatic amines is 1. The molecule has 96 valence electrons. The van der Waals surface area contributed by atoms with Crippen LogP contribution in [0.15, 0.2) is 40.3 Å². The van der Waals surface area contributed by atoms with Crippen LogP contribution in [0.25, 0.3) is 11.0 Å². The highest BCUT2D eigenvalue weighted by molar-refractivity contribution is 7.99. The first-order chi connectivity index (χ1) is 9.11. The van der Waals surface area contributed by atoms with Gasteiger partial charge in [0, 0.05) is 11.0 Å². The molecule has 0 amide bonds. The van der Waals surface area contributed by atoms with Crippen LogP contribution in [0.4, 0.5) is 14.6 Å². The van der Waals surface area contributed by atoms with E-state index in [-0.39, 0.29) is 0 Å². The standard InChI is InChI=1S/C12H8F2N4S/c13-6-3-7(14)5-8(4-6)19-10-2-1-9-11(16-10)12(15)18-17-9/h1-5H,(H3,15,17,18). The van der Waals surface area contributed by atoms with Crippen molar-refractivity contribution in [3.63, 3.8) is 0 Å². The molecule has 4 nitrogen and oxygen atoms in total. The molecule has 3 aromatic rings. The van der Waals surface area contributed by atoms with E-state index in [1.165, 1.54) is 12.1 Å². The third-order valence-corrected chi connectivity index (χ3v) is 3.38. The number of pyridine rings is 1. The van der Waals surface area contributed by atoms with E-state index in [1.807, 2.05) is 0 Å². The van der Waals surface area contributed by atoms with Crippen molar-refractivity contribution in [2.75, 3.05) is 5.73 Å². The molecule has 3 N–H and O–H groups in total. The topological polar surface area (TPSA) is 67.6 Å². The summed E-state index contributed by atoms with van der Waals surface area (Å²) < 4.78 is 26.2. The van der Waals surface area contributed by atoms with Crippen LogP contribution < -0.4 is 5.73 Å². The molecule has 19 heavy (non-hydrogen) atoms. The van der Waals surface area contributed by atoms with Crippen LogP contribution in [-0.2, 0) is 0 Å². The molecule has 0 radical (unpaired) electrons. The molecule has 0 fully saturated rings. The first kappa shape index (κ1) is 11.9. The van der Waals surface area contributed by atoms with Crippen LogP contribution in [0.2, 0.25) is 0 Å².